The van der Waals surface area contributed by atoms with Gasteiger partial charge in [0.05, 0.1) is 10.2 Å². The molecule has 0 atom stereocenters. The van der Waals surface area contributed by atoms with E-state index in [0.29, 0.717) is 0 Å². The third kappa shape index (κ3) is 1.87. The van der Waals surface area contributed by atoms with Crippen LogP contribution in [0, 0.1) is 13.8 Å². The maximum Gasteiger partial charge on any atom is 0.124 e. The number of hydrogen-bond acceptors (Lipinski definition) is 3. The third-order valence-electron chi connectivity index (χ3n) is 3.07. The van der Waals surface area contributed by atoms with E-state index in [0.717, 1.165) is 27.3 Å². The van der Waals surface area contributed by atoms with Gasteiger partial charge in [0.1, 0.15) is 5.01 Å². The first kappa shape index (κ1) is 11.2. The van der Waals surface area contributed by atoms with E-state index < -0.39 is 0 Å². The van der Waals surface area contributed by atoms with Gasteiger partial charge in [0, 0.05) is 11.3 Å². The number of aryl methyl sites for hydroxylation is 2. The molecule has 0 aliphatic rings. The fourth-order valence-corrected chi connectivity index (χ4v) is 2.88. The minimum absolute atomic E-state index is 0.822. The Morgan fingerprint density at radius 1 is 1.06 bits per heavy atom. The molecule has 3 heteroatoms. The number of nitrogens with two attached hydrogens (primary N) is 1. The number of nitrogens with zero attached hydrogens (tertiary/aromatic N) is 1. The fraction of sp³-hybridized carbons (Fsp3) is 0.133. The van der Waals surface area contributed by atoms with Gasteiger partial charge < -0.3 is 5.73 Å². The van der Waals surface area contributed by atoms with Crippen molar-refractivity contribution in [3.63, 3.8) is 0 Å². The van der Waals surface area contributed by atoms with E-state index in [1.807, 2.05) is 19.1 Å². The summed E-state index contributed by atoms with van der Waals surface area (Å²) < 4.78 is 1.22. The maximum absolute atomic E-state index is 5.95. The minimum atomic E-state index is 0.822. The highest BCUT2D eigenvalue weighted by Crippen LogP contribution is 2.31. The Balaban J connectivity index is 2.16. The molecule has 2 N–H and O–H groups in total. The SMILES string of the molecule is Cc1ccc2sc(-c3ccc(C)c(N)c3)nc2c1. The summed E-state index contributed by atoms with van der Waals surface area (Å²) in [5.74, 6) is 0. The molecule has 90 valence electrons. The average Bonchev–Trinajstić information content (AvgIpc) is 2.75. The van der Waals surface area contributed by atoms with Crippen molar-refractivity contribution in [3.8, 4) is 10.6 Å². The molecule has 3 rings (SSSR count). The van der Waals surface area contributed by atoms with Crippen molar-refractivity contribution >= 4 is 27.2 Å². The summed E-state index contributed by atoms with van der Waals surface area (Å²) in [6.45, 7) is 4.10. The van der Waals surface area contributed by atoms with Crippen molar-refractivity contribution in [1.82, 2.24) is 4.98 Å². The Bertz CT molecular complexity index is 728. The Kier molecular flexibility index (Phi) is 2.56. The van der Waals surface area contributed by atoms with Crippen LogP contribution >= 0.6 is 11.3 Å². The summed E-state index contributed by atoms with van der Waals surface area (Å²) in [6.07, 6.45) is 0. The predicted octanol–water partition coefficient (Wildman–Crippen LogP) is 4.16. The van der Waals surface area contributed by atoms with E-state index in [9.17, 15) is 0 Å². The first-order valence-corrected chi connectivity index (χ1v) is 6.69. The standard InChI is InChI=1S/C15H14N2S/c1-9-3-6-14-13(7-9)17-15(18-14)11-5-4-10(2)12(16)8-11/h3-8H,16H2,1-2H3. The first-order chi connectivity index (χ1) is 8.63. The largest absolute Gasteiger partial charge is 0.398 e. The average molecular weight is 254 g/mol. The van der Waals surface area contributed by atoms with Gasteiger partial charge in [-0.05, 0) is 43.2 Å². The molecule has 0 radical (unpaired) electrons. The highest BCUT2D eigenvalue weighted by molar-refractivity contribution is 7.21. The van der Waals surface area contributed by atoms with Crippen LogP contribution in [0.2, 0.25) is 0 Å². The molecule has 0 aliphatic heterocycles. The number of rotatable bonds is 1. The maximum atomic E-state index is 5.95. The van der Waals surface area contributed by atoms with Crippen LogP contribution in [0.15, 0.2) is 36.4 Å². The lowest BCUT2D eigenvalue weighted by molar-refractivity contribution is 1.42. The minimum Gasteiger partial charge on any atom is -0.398 e. The third-order valence-corrected chi connectivity index (χ3v) is 4.15. The quantitative estimate of drug-likeness (QED) is 0.662. The molecule has 3 aromatic rings. The molecule has 0 bridgehead atoms. The second-order valence-corrected chi connectivity index (χ2v) is 5.59. The molecule has 18 heavy (non-hydrogen) atoms. The summed E-state index contributed by atoms with van der Waals surface area (Å²) in [4.78, 5) is 4.68. The van der Waals surface area contributed by atoms with E-state index >= 15 is 0 Å². The topological polar surface area (TPSA) is 38.9 Å². The van der Waals surface area contributed by atoms with Crippen molar-refractivity contribution in [1.29, 1.82) is 0 Å². The number of hydrogen-bond donors (Lipinski definition) is 1. The Morgan fingerprint density at radius 3 is 2.67 bits per heavy atom. The number of anilines is 1. The van der Waals surface area contributed by atoms with Gasteiger partial charge in [0.25, 0.3) is 0 Å². The van der Waals surface area contributed by atoms with Crippen LogP contribution in [0.25, 0.3) is 20.8 Å². The van der Waals surface area contributed by atoms with Crippen molar-refractivity contribution in [3.05, 3.63) is 47.5 Å². The normalized spacial score (nSPS) is 11.0. The van der Waals surface area contributed by atoms with Gasteiger partial charge in [-0.1, -0.05) is 18.2 Å². The van der Waals surface area contributed by atoms with Gasteiger partial charge in [0.2, 0.25) is 0 Å². The Hall–Kier alpha value is -1.87. The highest BCUT2D eigenvalue weighted by atomic mass is 32.1. The van der Waals surface area contributed by atoms with E-state index in [4.69, 9.17) is 5.73 Å². The number of thiazole rings is 1. The van der Waals surface area contributed by atoms with Gasteiger partial charge in [-0.2, -0.15) is 0 Å². The summed E-state index contributed by atoms with van der Waals surface area (Å²) in [6, 6.07) is 12.5. The van der Waals surface area contributed by atoms with E-state index in [1.165, 1.54) is 10.3 Å². The molecule has 1 heterocycles. The van der Waals surface area contributed by atoms with Gasteiger partial charge >= 0.3 is 0 Å². The zero-order chi connectivity index (χ0) is 12.7. The summed E-state index contributed by atoms with van der Waals surface area (Å²) in [5.41, 5.74) is 11.3. The second-order valence-electron chi connectivity index (χ2n) is 4.56. The molecule has 0 saturated carbocycles. The van der Waals surface area contributed by atoms with Gasteiger partial charge in [0.15, 0.2) is 0 Å². The smallest absolute Gasteiger partial charge is 0.124 e. The molecular formula is C15H14N2S. The molecule has 0 aliphatic carbocycles. The molecule has 2 nitrogen and oxygen atoms in total. The van der Waals surface area contributed by atoms with Gasteiger partial charge in [-0.15, -0.1) is 11.3 Å². The lowest BCUT2D eigenvalue weighted by atomic mass is 10.1. The van der Waals surface area contributed by atoms with Crippen LogP contribution in [-0.2, 0) is 0 Å². The van der Waals surface area contributed by atoms with Crippen LogP contribution < -0.4 is 5.73 Å². The van der Waals surface area contributed by atoms with Crippen LogP contribution in [0.1, 0.15) is 11.1 Å². The first-order valence-electron chi connectivity index (χ1n) is 5.87. The molecule has 0 saturated heterocycles. The zero-order valence-electron chi connectivity index (χ0n) is 10.4. The molecule has 0 amide bonds. The van der Waals surface area contributed by atoms with E-state index in [1.54, 1.807) is 11.3 Å². The van der Waals surface area contributed by atoms with Crippen molar-refractivity contribution in [2.75, 3.05) is 5.73 Å². The van der Waals surface area contributed by atoms with Crippen LogP contribution in [0.4, 0.5) is 5.69 Å². The Labute approximate surface area is 110 Å². The zero-order valence-corrected chi connectivity index (χ0v) is 11.2. The van der Waals surface area contributed by atoms with E-state index in [2.05, 4.69) is 36.2 Å². The number of aromatic nitrogens is 1. The summed E-state index contributed by atoms with van der Waals surface area (Å²) in [7, 11) is 0. The number of nitrogen functional groups attached to an aromatic ring is 1. The molecule has 2 aromatic carbocycles. The number of benzene rings is 2. The van der Waals surface area contributed by atoms with Crippen LogP contribution in [0.3, 0.4) is 0 Å². The van der Waals surface area contributed by atoms with Crippen molar-refractivity contribution < 1.29 is 0 Å². The highest BCUT2D eigenvalue weighted by Gasteiger charge is 2.07. The second kappa shape index (κ2) is 4.10. The van der Waals surface area contributed by atoms with Crippen molar-refractivity contribution in [2.24, 2.45) is 0 Å². The lowest BCUT2D eigenvalue weighted by Crippen LogP contribution is -1.89. The molecule has 0 spiro atoms. The fourth-order valence-electron chi connectivity index (χ4n) is 1.93. The Morgan fingerprint density at radius 2 is 1.89 bits per heavy atom. The monoisotopic (exact) mass is 254 g/mol. The van der Waals surface area contributed by atoms with Gasteiger partial charge in [-0.25, -0.2) is 4.98 Å². The number of fused-ring (bicyclic) bond motifs is 1. The molecule has 1 aromatic heterocycles. The molecule has 0 fully saturated rings. The molecular weight excluding hydrogens is 240 g/mol. The summed E-state index contributed by atoms with van der Waals surface area (Å²) in [5, 5.41) is 1.03. The molecule has 0 unspecified atom stereocenters. The van der Waals surface area contributed by atoms with Crippen LogP contribution in [0.5, 0.6) is 0 Å². The van der Waals surface area contributed by atoms with E-state index in [-0.39, 0.29) is 0 Å². The van der Waals surface area contributed by atoms with Crippen LogP contribution in [-0.4, -0.2) is 4.98 Å². The van der Waals surface area contributed by atoms with Crippen molar-refractivity contribution in [2.45, 2.75) is 13.8 Å². The predicted molar refractivity (Wildman–Crippen MR) is 78.9 cm³/mol. The lowest BCUT2D eigenvalue weighted by Gasteiger charge is -2.01. The van der Waals surface area contributed by atoms with Gasteiger partial charge in [-0.3, -0.25) is 0 Å². The summed E-state index contributed by atoms with van der Waals surface area (Å²) >= 11 is 1.71.